The molecule has 14 heteroatoms. The van der Waals surface area contributed by atoms with Crippen LogP contribution in [0.4, 0.5) is 29.3 Å². The Morgan fingerprint density at radius 3 is 2.27 bits per heavy atom. The second-order valence-electron chi connectivity index (χ2n) is 13.9. The number of carbonyl (C=O) groups excluding carboxylic acids is 3. The maximum atomic E-state index is 14.1. The first-order valence-electron chi connectivity index (χ1n) is 16.9. The predicted octanol–water partition coefficient (Wildman–Crippen LogP) is 6.17. The standard InChI is InChI=1S/C34H44ClF3N6O3S/c1-41-9-2-22(3-10-41)23-4-11-43(12-5-23)32(46)24(16-21-17-26(34(36,37)38)31(39)27(35)18-21)19-30(45)42-13-6-25(7-14-42)44-20-29-28(8-15-48-29)40-33(44)47/h8,15,17-18,22-25H,2-7,9-14,16,19-20,39H2,1H3,(H,40,47)/t24-/m0/s1. The SMILES string of the molecule is CN1CCC(C2CCN(C(=O)[C@H](CC(=O)N3CCC(N4Cc5sccc5NC4=O)CC3)Cc3cc(Cl)c(N)c(C(F)(F)F)c3)CC2)CC1. The molecule has 0 saturated carbocycles. The van der Waals surface area contributed by atoms with Crippen molar-refractivity contribution in [3.8, 4) is 0 Å². The number of fused-ring (bicyclic) bond motifs is 1. The third-order valence-electron chi connectivity index (χ3n) is 10.8. The van der Waals surface area contributed by atoms with Crippen LogP contribution in [0.5, 0.6) is 0 Å². The van der Waals surface area contributed by atoms with Gasteiger partial charge < -0.3 is 30.7 Å². The minimum Gasteiger partial charge on any atom is -0.397 e. The van der Waals surface area contributed by atoms with Crippen LogP contribution in [-0.2, 0) is 28.7 Å². The number of likely N-dealkylation sites (tertiary alicyclic amines) is 3. The quantitative estimate of drug-likeness (QED) is 0.335. The van der Waals surface area contributed by atoms with Crippen molar-refractivity contribution in [3.05, 3.63) is 44.6 Å². The molecule has 2 aromatic rings. The highest BCUT2D eigenvalue weighted by Crippen LogP contribution is 2.39. The number of nitrogens with two attached hydrogens (primary N) is 1. The van der Waals surface area contributed by atoms with Gasteiger partial charge in [0, 0.05) is 43.5 Å². The number of rotatable bonds is 7. The zero-order valence-corrected chi connectivity index (χ0v) is 28.8. The molecule has 4 aliphatic heterocycles. The van der Waals surface area contributed by atoms with Crippen molar-refractivity contribution < 1.29 is 27.6 Å². The molecule has 6 rings (SSSR count). The fourth-order valence-corrected chi connectivity index (χ4v) is 9.03. The summed E-state index contributed by atoms with van der Waals surface area (Å²) in [6.07, 6.45) is 0.390. The van der Waals surface area contributed by atoms with Crippen molar-refractivity contribution in [2.45, 2.75) is 70.1 Å². The first-order chi connectivity index (χ1) is 22.9. The van der Waals surface area contributed by atoms with Crippen molar-refractivity contribution in [1.82, 2.24) is 19.6 Å². The summed E-state index contributed by atoms with van der Waals surface area (Å²) >= 11 is 7.74. The summed E-state index contributed by atoms with van der Waals surface area (Å²) in [7, 11) is 2.14. The number of halogens is 4. The van der Waals surface area contributed by atoms with Crippen LogP contribution in [0.25, 0.3) is 0 Å². The van der Waals surface area contributed by atoms with Crippen LogP contribution >= 0.6 is 22.9 Å². The Kier molecular flexibility index (Phi) is 10.5. The summed E-state index contributed by atoms with van der Waals surface area (Å²) in [6, 6.07) is 4.06. The van der Waals surface area contributed by atoms with E-state index in [9.17, 15) is 27.6 Å². The highest BCUT2D eigenvalue weighted by Gasteiger charge is 2.38. The van der Waals surface area contributed by atoms with Gasteiger partial charge in [-0.2, -0.15) is 13.2 Å². The molecular weight excluding hydrogens is 665 g/mol. The Balaban J connectivity index is 1.13. The summed E-state index contributed by atoms with van der Waals surface area (Å²) in [5.41, 5.74) is 5.15. The second-order valence-corrected chi connectivity index (χ2v) is 15.3. The fourth-order valence-electron chi connectivity index (χ4n) is 7.96. The van der Waals surface area contributed by atoms with Crippen molar-refractivity contribution in [2.24, 2.45) is 17.8 Å². The molecule has 262 valence electrons. The number of amides is 4. The van der Waals surface area contributed by atoms with Gasteiger partial charge in [0.1, 0.15) is 0 Å². The zero-order chi connectivity index (χ0) is 34.2. The minimum absolute atomic E-state index is 0.0229. The Bertz CT molecular complexity index is 1500. The number of anilines is 2. The molecule has 0 unspecified atom stereocenters. The summed E-state index contributed by atoms with van der Waals surface area (Å²) in [5, 5.41) is 4.67. The molecular formula is C34H44ClF3N6O3S. The molecule has 1 aromatic heterocycles. The minimum atomic E-state index is -4.71. The van der Waals surface area contributed by atoms with Gasteiger partial charge in [0.05, 0.1) is 34.4 Å². The van der Waals surface area contributed by atoms with Gasteiger partial charge in [0.2, 0.25) is 11.8 Å². The molecule has 3 saturated heterocycles. The molecule has 48 heavy (non-hydrogen) atoms. The van der Waals surface area contributed by atoms with Crippen LogP contribution in [0.1, 0.15) is 60.9 Å². The topological polar surface area (TPSA) is 102 Å². The zero-order valence-electron chi connectivity index (χ0n) is 27.2. The van der Waals surface area contributed by atoms with E-state index in [0.29, 0.717) is 57.4 Å². The van der Waals surface area contributed by atoms with E-state index < -0.39 is 23.3 Å². The lowest BCUT2D eigenvalue weighted by Gasteiger charge is -2.41. The number of carbonyl (C=O) groups is 3. The lowest BCUT2D eigenvalue weighted by Crippen LogP contribution is -2.51. The molecule has 0 aliphatic carbocycles. The van der Waals surface area contributed by atoms with E-state index in [1.165, 1.54) is 6.07 Å². The number of thiophene rings is 1. The molecule has 1 aromatic carbocycles. The maximum Gasteiger partial charge on any atom is 0.418 e. The Labute approximate surface area is 288 Å². The van der Waals surface area contributed by atoms with E-state index in [1.54, 1.807) is 21.1 Å². The lowest BCUT2D eigenvalue weighted by molar-refractivity contribution is -0.143. The normalized spacial score (nSPS) is 21.3. The molecule has 1 atom stereocenters. The second kappa shape index (κ2) is 14.4. The first-order valence-corrected chi connectivity index (χ1v) is 18.2. The Morgan fingerprint density at radius 1 is 1.00 bits per heavy atom. The molecule has 9 nitrogen and oxygen atoms in total. The highest BCUT2D eigenvalue weighted by atomic mass is 35.5. The van der Waals surface area contributed by atoms with Crippen molar-refractivity contribution >= 4 is 52.2 Å². The largest absolute Gasteiger partial charge is 0.418 e. The van der Waals surface area contributed by atoms with E-state index in [1.807, 2.05) is 16.3 Å². The number of nitrogens with one attached hydrogen (secondary N) is 1. The summed E-state index contributed by atoms with van der Waals surface area (Å²) in [6.45, 7) is 4.70. The molecule has 0 bridgehead atoms. The van der Waals surface area contributed by atoms with E-state index in [-0.39, 0.29) is 47.3 Å². The molecule has 3 N–H and O–H groups in total. The molecule has 5 heterocycles. The Morgan fingerprint density at radius 2 is 1.62 bits per heavy atom. The molecule has 0 spiro atoms. The number of piperidine rings is 3. The fraction of sp³-hybridized carbons (Fsp3) is 0.618. The van der Waals surface area contributed by atoms with Crippen LogP contribution < -0.4 is 11.1 Å². The summed E-state index contributed by atoms with van der Waals surface area (Å²) in [5.74, 6) is -0.0869. The van der Waals surface area contributed by atoms with Crippen molar-refractivity contribution in [3.63, 3.8) is 0 Å². The monoisotopic (exact) mass is 708 g/mol. The van der Waals surface area contributed by atoms with Gasteiger partial charge in [-0.05, 0) is 106 Å². The number of benzene rings is 1. The number of alkyl halides is 3. The van der Waals surface area contributed by atoms with Crippen LogP contribution in [0.3, 0.4) is 0 Å². The van der Waals surface area contributed by atoms with Crippen molar-refractivity contribution in [2.75, 3.05) is 57.4 Å². The van der Waals surface area contributed by atoms with Gasteiger partial charge in [-0.25, -0.2) is 4.79 Å². The van der Waals surface area contributed by atoms with Gasteiger partial charge in [-0.3, -0.25) is 9.59 Å². The first kappa shape index (κ1) is 34.8. The van der Waals surface area contributed by atoms with Crippen LogP contribution in [0.15, 0.2) is 23.6 Å². The van der Waals surface area contributed by atoms with E-state index in [0.717, 1.165) is 55.4 Å². The van der Waals surface area contributed by atoms with E-state index in [2.05, 4.69) is 17.3 Å². The van der Waals surface area contributed by atoms with Gasteiger partial charge >= 0.3 is 12.2 Å². The smallest absolute Gasteiger partial charge is 0.397 e. The molecule has 3 fully saturated rings. The Hall–Kier alpha value is -3.03. The van der Waals surface area contributed by atoms with Crippen LogP contribution in [-0.4, -0.2) is 89.8 Å². The molecule has 4 amide bonds. The highest BCUT2D eigenvalue weighted by molar-refractivity contribution is 7.10. The van der Waals surface area contributed by atoms with Crippen LogP contribution in [0, 0.1) is 17.8 Å². The number of hydrogen-bond donors (Lipinski definition) is 2. The van der Waals surface area contributed by atoms with E-state index in [4.69, 9.17) is 17.3 Å². The van der Waals surface area contributed by atoms with Crippen molar-refractivity contribution in [1.29, 1.82) is 0 Å². The molecule has 0 radical (unpaired) electrons. The predicted molar refractivity (Wildman–Crippen MR) is 181 cm³/mol. The molecule has 4 aliphatic rings. The van der Waals surface area contributed by atoms with E-state index >= 15 is 0 Å². The number of nitrogens with zero attached hydrogens (tertiary/aromatic N) is 4. The third kappa shape index (κ3) is 7.73. The van der Waals surface area contributed by atoms with Gasteiger partial charge in [0.15, 0.2) is 0 Å². The van der Waals surface area contributed by atoms with Gasteiger partial charge in [-0.15, -0.1) is 11.3 Å². The average molecular weight is 709 g/mol. The van der Waals surface area contributed by atoms with Gasteiger partial charge in [0.25, 0.3) is 0 Å². The average Bonchev–Trinajstić information content (AvgIpc) is 3.52. The number of urea groups is 1. The number of hydrogen-bond acceptors (Lipinski definition) is 6. The van der Waals surface area contributed by atoms with Gasteiger partial charge in [-0.1, -0.05) is 11.6 Å². The summed E-state index contributed by atoms with van der Waals surface area (Å²) in [4.78, 5) is 49.4. The lowest BCUT2D eigenvalue weighted by atomic mass is 9.78. The summed E-state index contributed by atoms with van der Waals surface area (Å²) < 4.78 is 41.4. The van der Waals surface area contributed by atoms with Crippen LogP contribution in [0.2, 0.25) is 5.02 Å². The maximum absolute atomic E-state index is 14.1. The number of nitrogen functional groups attached to an aromatic ring is 1. The third-order valence-corrected chi connectivity index (χ3v) is 12.1.